The fourth-order valence-corrected chi connectivity index (χ4v) is 4.75. The van der Waals surface area contributed by atoms with Gasteiger partial charge in [0.05, 0.1) is 6.54 Å². The molecule has 0 bridgehead atoms. The van der Waals surface area contributed by atoms with Gasteiger partial charge in [-0.1, -0.05) is 31.5 Å². The van der Waals surface area contributed by atoms with Crippen molar-refractivity contribution in [2.45, 2.75) is 62.6 Å². The Labute approximate surface area is 155 Å². The van der Waals surface area contributed by atoms with E-state index in [0.29, 0.717) is 24.4 Å². The number of hydrogen-bond acceptors (Lipinski definition) is 5. The summed E-state index contributed by atoms with van der Waals surface area (Å²) in [5.74, 6) is 2.21. The van der Waals surface area contributed by atoms with Crippen LogP contribution >= 0.6 is 11.8 Å². The molecular weight excluding hydrogens is 334 g/mol. The molecule has 1 N–H and O–H groups in total. The van der Waals surface area contributed by atoms with Crippen LogP contribution in [0.1, 0.15) is 57.2 Å². The van der Waals surface area contributed by atoms with Crippen molar-refractivity contribution >= 4 is 17.7 Å². The molecule has 0 aromatic carbocycles. The lowest BCUT2D eigenvalue weighted by atomic mass is 9.86. The number of thioether (sulfide) groups is 1. The van der Waals surface area contributed by atoms with Crippen molar-refractivity contribution in [3.63, 3.8) is 0 Å². The van der Waals surface area contributed by atoms with Crippen molar-refractivity contribution in [3.05, 3.63) is 5.82 Å². The average molecular weight is 366 g/mol. The number of carbonyl (C=O) groups is 1. The first-order valence-corrected chi connectivity index (χ1v) is 10.8. The maximum Gasteiger partial charge on any atom is 0.234 e. The first-order valence-electron chi connectivity index (χ1n) is 9.53. The molecule has 0 radical (unpaired) electrons. The van der Waals surface area contributed by atoms with Gasteiger partial charge in [-0.05, 0) is 44.4 Å². The molecule has 1 aromatic heterocycles. The fraction of sp³-hybridized carbons (Fsp3) is 0.833. The molecule has 3 atom stereocenters. The van der Waals surface area contributed by atoms with Gasteiger partial charge >= 0.3 is 0 Å². The van der Waals surface area contributed by atoms with Crippen LogP contribution in [0.5, 0.6) is 0 Å². The molecule has 6 nitrogen and oxygen atoms in total. The van der Waals surface area contributed by atoms with Crippen LogP contribution in [0, 0.1) is 5.92 Å². The van der Waals surface area contributed by atoms with Gasteiger partial charge in [-0.25, -0.2) is 0 Å². The molecule has 2 heterocycles. The standard InChI is InChI=1S/C18H31N5OS/c1-13-7-4-5-9-15(13)19-16(24)12-23-10-6-8-14(11-23)17-20-21-18(25-3)22(17)2/h13-15H,4-12H2,1-3H3,(H,19,24)/t13-,14-,15-/m1/s1. The minimum Gasteiger partial charge on any atom is -0.352 e. The predicted molar refractivity (Wildman–Crippen MR) is 101 cm³/mol. The Morgan fingerprint density at radius 2 is 2.04 bits per heavy atom. The molecule has 7 heteroatoms. The van der Waals surface area contributed by atoms with Gasteiger partial charge < -0.3 is 9.88 Å². The van der Waals surface area contributed by atoms with Gasteiger partial charge in [-0.15, -0.1) is 10.2 Å². The number of carbonyl (C=O) groups excluding carboxylic acids is 1. The summed E-state index contributed by atoms with van der Waals surface area (Å²) >= 11 is 1.62. The molecular formula is C18H31N5OS. The van der Waals surface area contributed by atoms with Crippen molar-refractivity contribution in [2.24, 2.45) is 13.0 Å². The third-order valence-electron chi connectivity index (χ3n) is 5.75. The third kappa shape index (κ3) is 4.56. The van der Waals surface area contributed by atoms with Crippen molar-refractivity contribution in [1.82, 2.24) is 25.0 Å². The van der Waals surface area contributed by atoms with Crippen LogP contribution in [0.2, 0.25) is 0 Å². The first-order chi connectivity index (χ1) is 12.1. The lowest BCUT2D eigenvalue weighted by Gasteiger charge is -2.33. The highest BCUT2D eigenvalue weighted by atomic mass is 32.2. The van der Waals surface area contributed by atoms with Crippen molar-refractivity contribution in [1.29, 1.82) is 0 Å². The quantitative estimate of drug-likeness (QED) is 0.812. The molecule has 2 aliphatic rings. The highest BCUT2D eigenvalue weighted by Crippen LogP contribution is 2.27. The molecule has 25 heavy (non-hydrogen) atoms. The molecule has 1 aliphatic carbocycles. The lowest BCUT2D eigenvalue weighted by molar-refractivity contribution is -0.123. The van der Waals surface area contributed by atoms with Gasteiger partial charge in [-0.2, -0.15) is 0 Å². The molecule has 0 spiro atoms. The fourth-order valence-electron chi connectivity index (χ4n) is 4.26. The van der Waals surface area contributed by atoms with E-state index in [2.05, 4.69) is 31.9 Å². The minimum atomic E-state index is 0.183. The molecule has 1 saturated carbocycles. The van der Waals surface area contributed by atoms with Crippen LogP contribution < -0.4 is 5.32 Å². The Morgan fingerprint density at radius 3 is 2.76 bits per heavy atom. The summed E-state index contributed by atoms with van der Waals surface area (Å²) < 4.78 is 2.10. The third-order valence-corrected chi connectivity index (χ3v) is 6.47. The maximum atomic E-state index is 12.5. The Kier molecular flexibility index (Phi) is 6.39. The second kappa shape index (κ2) is 8.54. The van der Waals surface area contributed by atoms with Crippen LogP contribution in [0.3, 0.4) is 0 Å². The number of likely N-dealkylation sites (tertiary alicyclic amines) is 1. The van der Waals surface area contributed by atoms with Gasteiger partial charge in [-0.3, -0.25) is 9.69 Å². The van der Waals surface area contributed by atoms with E-state index in [4.69, 9.17) is 0 Å². The Morgan fingerprint density at radius 1 is 1.24 bits per heavy atom. The summed E-state index contributed by atoms with van der Waals surface area (Å²) in [6.45, 7) is 4.66. The zero-order chi connectivity index (χ0) is 17.8. The second-order valence-corrected chi connectivity index (χ2v) is 8.39. The largest absolute Gasteiger partial charge is 0.352 e. The highest BCUT2D eigenvalue weighted by molar-refractivity contribution is 7.98. The zero-order valence-corrected chi connectivity index (χ0v) is 16.5. The number of aromatic nitrogens is 3. The number of nitrogens with one attached hydrogen (secondary N) is 1. The van der Waals surface area contributed by atoms with Crippen LogP contribution in [-0.2, 0) is 11.8 Å². The average Bonchev–Trinajstić information content (AvgIpc) is 2.98. The Bertz CT molecular complexity index is 590. The van der Waals surface area contributed by atoms with Crippen molar-refractivity contribution in [2.75, 3.05) is 25.9 Å². The lowest BCUT2D eigenvalue weighted by Crippen LogP contribution is -2.47. The van der Waals surface area contributed by atoms with E-state index in [9.17, 15) is 4.79 Å². The van der Waals surface area contributed by atoms with Gasteiger partial charge in [0.1, 0.15) is 5.82 Å². The first kappa shape index (κ1) is 18.7. The molecule has 1 amide bonds. The Hall–Kier alpha value is -1.08. The second-order valence-electron chi connectivity index (χ2n) is 7.61. The van der Waals surface area contributed by atoms with Crippen molar-refractivity contribution < 1.29 is 4.79 Å². The van der Waals surface area contributed by atoms with Gasteiger partial charge in [0.15, 0.2) is 5.16 Å². The van der Waals surface area contributed by atoms with E-state index < -0.39 is 0 Å². The summed E-state index contributed by atoms with van der Waals surface area (Å²) in [6.07, 6.45) is 9.17. The number of nitrogens with zero attached hydrogens (tertiary/aromatic N) is 4. The summed E-state index contributed by atoms with van der Waals surface area (Å²) in [6, 6.07) is 0.365. The smallest absolute Gasteiger partial charge is 0.234 e. The molecule has 1 aliphatic heterocycles. The number of amides is 1. The topological polar surface area (TPSA) is 63.1 Å². The van der Waals surface area contributed by atoms with Crippen LogP contribution in [0.25, 0.3) is 0 Å². The number of hydrogen-bond donors (Lipinski definition) is 1. The maximum absolute atomic E-state index is 12.5. The SMILES string of the molecule is CSc1nnc([C@@H]2CCCN(CC(=O)N[C@@H]3CCCC[C@H]3C)C2)n1C. The van der Waals surface area contributed by atoms with Gasteiger partial charge in [0.25, 0.3) is 0 Å². The van der Waals surface area contributed by atoms with E-state index in [1.54, 1.807) is 11.8 Å². The molecule has 1 saturated heterocycles. The highest BCUT2D eigenvalue weighted by Gasteiger charge is 2.28. The normalized spacial score (nSPS) is 28.0. The summed E-state index contributed by atoms with van der Waals surface area (Å²) in [5, 5.41) is 12.9. The van der Waals surface area contributed by atoms with Crippen LogP contribution in [-0.4, -0.2) is 57.5 Å². The summed E-state index contributed by atoms with van der Waals surface area (Å²) in [7, 11) is 2.04. The molecule has 0 unspecified atom stereocenters. The van der Waals surface area contributed by atoms with Gasteiger partial charge in [0.2, 0.25) is 5.91 Å². The molecule has 3 rings (SSSR count). The van der Waals surface area contributed by atoms with E-state index in [1.807, 2.05) is 13.3 Å². The molecule has 1 aromatic rings. The zero-order valence-electron chi connectivity index (χ0n) is 15.7. The number of rotatable bonds is 5. The predicted octanol–water partition coefficient (Wildman–Crippen LogP) is 2.41. The minimum absolute atomic E-state index is 0.183. The summed E-state index contributed by atoms with van der Waals surface area (Å²) in [5.41, 5.74) is 0. The number of piperidine rings is 1. The van der Waals surface area contributed by atoms with Crippen LogP contribution in [0.15, 0.2) is 5.16 Å². The van der Waals surface area contributed by atoms with E-state index in [0.717, 1.165) is 43.3 Å². The summed E-state index contributed by atoms with van der Waals surface area (Å²) in [4.78, 5) is 14.8. The molecule has 140 valence electrons. The van der Waals surface area contributed by atoms with E-state index in [-0.39, 0.29) is 5.91 Å². The molecule has 2 fully saturated rings. The van der Waals surface area contributed by atoms with Crippen LogP contribution in [0.4, 0.5) is 0 Å². The monoisotopic (exact) mass is 365 g/mol. The van der Waals surface area contributed by atoms with E-state index >= 15 is 0 Å². The van der Waals surface area contributed by atoms with Gasteiger partial charge in [0, 0.05) is 25.6 Å². The van der Waals surface area contributed by atoms with Crippen molar-refractivity contribution in [3.8, 4) is 0 Å². The van der Waals surface area contributed by atoms with E-state index in [1.165, 1.54) is 19.3 Å². The Balaban J connectivity index is 1.54.